The molecule has 0 bridgehead atoms. The number of carbonyl (C=O) groups excluding carboxylic acids is 2. The van der Waals surface area contributed by atoms with E-state index in [9.17, 15) is 9.59 Å². The summed E-state index contributed by atoms with van der Waals surface area (Å²) in [4.78, 5) is 23.2. The molecule has 20 heavy (non-hydrogen) atoms. The van der Waals surface area contributed by atoms with Crippen molar-refractivity contribution in [2.75, 3.05) is 11.9 Å². The third kappa shape index (κ3) is 3.17. The van der Waals surface area contributed by atoms with Crippen LogP contribution in [-0.2, 0) is 16.0 Å². The van der Waals surface area contributed by atoms with E-state index in [1.165, 1.54) is 0 Å². The molecular weight excluding hydrogens is 254 g/mol. The maximum Gasteiger partial charge on any atom is 0.244 e. The van der Waals surface area contributed by atoms with Crippen molar-refractivity contribution in [3.63, 3.8) is 0 Å². The third-order valence-electron chi connectivity index (χ3n) is 3.87. The predicted octanol–water partition coefficient (Wildman–Crippen LogP) is 1.19. The summed E-state index contributed by atoms with van der Waals surface area (Å²) in [7, 11) is 0. The summed E-state index contributed by atoms with van der Waals surface area (Å²) >= 11 is 0. The number of anilines is 1. The number of nitrogens with one attached hydrogen (secondary N) is 2. The van der Waals surface area contributed by atoms with Crippen LogP contribution in [0.3, 0.4) is 0 Å². The van der Waals surface area contributed by atoms with Gasteiger partial charge in [0.15, 0.2) is 0 Å². The molecule has 2 rings (SSSR count). The number of benzene rings is 1. The molecule has 1 unspecified atom stereocenters. The Labute approximate surface area is 118 Å². The molecule has 108 valence electrons. The first kappa shape index (κ1) is 14.5. The summed E-state index contributed by atoms with van der Waals surface area (Å²) < 4.78 is 0. The van der Waals surface area contributed by atoms with Crippen LogP contribution >= 0.6 is 0 Å². The molecule has 1 saturated heterocycles. The van der Waals surface area contributed by atoms with Gasteiger partial charge in [-0.1, -0.05) is 19.1 Å². The summed E-state index contributed by atoms with van der Waals surface area (Å²) in [5, 5.41) is 6.24. The van der Waals surface area contributed by atoms with Gasteiger partial charge < -0.3 is 16.4 Å². The molecular formula is C15H21N3O2. The van der Waals surface area contributed by atoms with E-state index in [1.54, 1.807) is 24.3 Å². The normalized spacial score (nSPS) is 21.6. The first-order chi connectivity index (χ1) is 9.55. The lowest BCUT2D eigenvalue weighted by Crippen LogP contribution is -2.50. The fourth-order valence-electron chi connectivity index (χ4n) is 2.62. The van der Waals surface area contributed by atoms with Gasteiger partial charge in [-0.15, -0.1) is 0 Å². The topological polar surface area (TPSA) is 84.2 Å². The van der Waals surface area contributed by atoms with Gasteiger partial charge in [-0.25, -0.2) is 0 Å². The Morgan fingerprint density at radius 2 is 2.05 bits per heavy atom. The van der Waals surface area contributed by atoms with Crippen LogP contribution in [0, 0.1) is 0 Å². The standard InChI is InChI=1S/C15H21N3O2/c1-2-15(8-3-9-17-15)14(20)18-12-6-4-11(5-7-12)10-13(16)19/h4-7,17H,2-3,8-10H2,1H3,(H2,16,19)(H,18,20). The van der Waals surface area contributed by atoms with Gasteiger partial charge in [-0.2, -0.15) is 0 Å². The third-order valence-corrected chi connectivity index (χ3v) is 3.87. The van der Waals surface area contributed by atoms with Crippen LogP contribution in [0.15, 0.2) is 24.3 Å². The molecule has 0 aliphatic carbocycles. The van der Waals surface area contributed by atoms with E-state index in [0.717, 1.165) is 37.1 Å². The average Bonchev–Trinajstić information content (AvgIpc) is 2.90. The Balaban J connectivity index is 2.02. The van der Waals surface area contributed by atoms with Gasteiger partial charge in [0, 0.05) is 5.69 Å². The number of rotatable bonds is 5. The largest absolute Gasteiger partial charge is 0.369 e. The summed E-state index contributed by atoms with van der Waals surface area (Å²) in [5.41, 5.74) is 6.29. The summed E-state index contributed by atoms with van der Waals surface area (Å²) in [5.74, 6) is -0.345. The Hall–Kier alpha value is -1.88. The second kappa shape index (κ2) is 6.05. The first-order valence-electron chi connectivity index (χ1n) is 6.99. The number of amides is 2. The van der Waals surface area contributed by atoms with Crippen molar-refractivity contribution >= 4 is 17.5 Å². The molecule has 1 fully saturated rings. The number of hydrogen-bond acceptors (Lipinski definition) is 3. The minimum Gasteiger partial charge on any atom is -0.369 e. The fourth-order valence-corrected chi connectivity index (χ4v) is 2.62. The van der Waals surface area contributed by atoms with Crippen LogP contribution in [0.25, 0.3) is 0 Å². The monoisotopic (exact) mass is 275 g/mol. The second-order valence-corrected chi connectivity index (χ2v) is 5.26. The Bertz CT molecular complexity index is 490. The van der Waals surface area contributed by atoms with E-state index < -0.39 is 5.54 Å². The second-order valence-electron chi connectivity index (χ2n) is 5.26. The van der Waals surface area contributed by atoms with Crippen molar-refractivity contribution < 1.29 is 9.59 Å². The molecule has 0 aromatic heterocycles. The molecule has 1 aliphatic heterocycles. The van der Waals surface area contributed by atoms with Crippen LogP contribution < -0.4 is 16.4 Å². The Morgan fingerprint density at radius 1 is 1.35 bits per heavy atom. The molecule has 4 N–H and O–H groups in total. The molecule has 1 heterocycles. The van der Waals surface area contributed by atoms with Gasteiger partial charge in [0.1, 0.15) is 0 Å². The quantitative estimate of drug-likeness (QED) is 0.754. The van der Waals surface area contributed by atoms with Crippen LogP contribution in [-0.4, -0.2) is 23.9 Å². The molecule has 0 spiro atoms. The lowest BCUT2D eigenvalue weighted by Gasteiger charge is -2.26. The Kier molecular flexibility index (Phi) is 4.39. The number of carbonyl (C=O) groups is 2. The summed E-state index contributed by atoms with van der Waals surface area (Å²) in [6, 6.07) is 7.21. The smallest absolute Gasteiger partial charge is 0.244 e. The maximum atomic E-state index is 12.4. The summed E-state index contributed by atoms with van der Waals surface area (Å²) in [6.45, 7) is 2.91. The number of nitrogens with two attached hydrogens (primary N) is 1. The number of primary amides is 1. The minimum absolute atomic E-state index is 0.0140. The van der Waals surface area contributed by atoms with Gasteiger partial charge in [-0.3, -0.25) is 9.59 Å². The zero-order valence-electron chi connectivity index (χ0n) is 11.7. The van der Waals surface area contributed by atoms with E-state index in [0.29, 0.717) is 0 Å². The van der Waals surface area contributed by atoms with Crippen molar-refractivity contribution in [3.8, 4) is 0 Å². The predicted molar refractivity (Wildman–Crippen MR) is 78.2 cm³/mol. The zero-order chi connectivity index (χ0) is 14.6. The van der Waals surface area contributed by atoms with E-state index >= 15 is 0 Å². The first-order valence-corrected chi connectivity index (χ1v) is 6.99. The van der Waals surface area contributed by atoms with Crippen molar-refractivity contribution in [2.45, 2.75) is 38.1 Å². The van der Waals surface area contributed by atoms with Crippen LogP contribution in [0.4, 0.5) is 5.69 Å². The highest BCUT2D eigenvalue weighted by Crippen LogP contribution is 2.25. The van der Waals surface area contributed by atoms with Crippen LogP contribution in [0.2, 0.25) is 0 Å². The highest BCUT2D eigenvalue weighted by atomic mass is 16.2. The molecule has 1 atom stereocenters. The molecule has 2 amide bonds. The van der Waals surface area contributed by atoms with Gasteiger partial charge in [-0.05, 0) is 43.5 Å². The molecule has 1 aliphatic rings. The lowest BCUT2D eigenvalue weighted by atomic mass is 9.93. The molecule has 5 nitrogen and oxygen atoms in total. The molecule has 1 aromatic carbocycles. The van der Waals surface area contributed by atoms with Gasteiger partial charge in [0.05, 0.1) is 12.0 Å². The highest BCUT2D eigenvalue weighted by molar-refractivity contribution is 5.98. The van der Waals surface area contributed by atoms with Gasteiger partial charge in [0.2, 0.25) is 11.8 Å². The van der Waals surface area contributed by atoms with Crippen LogP contribution in [0.5, 0.6) is 0 Å². The van der Waals surface area contributed by atoms with E-state index in [-0.39, 0.29) is 18.2 Å². The van der Waals surface area contributed by atoms with E-state index in [1.807, 2.05) is 6.92 Å². The summed E-state index contributed by atoms with van der Waals surface area (Å²) in [6.07, 6.45) is 2.89. The molecule has 5 heteroatoms. The molecule has 1 aromatic rings. The maximum absolute atomic E-state index is 12.4. The van der Waals surface area contributed by atoms with Gasteiger partial charge >= 0.3 is 0 Å². The number of hydrogen-bond donors (Lipinski definition) is 3. The van der Waals surface area contributed by atoms with Crippen molar-refractivity contribution in [1.82, 2.24) is 5.32 Å². The Morgan fingerprint density at radius 3 is 2.55 bits per heavy atom. The van der Waals surface area contributed by atoms with Crippen molar-refractivity contribution in [2.24, 2.45) is 5.73 Å². The van der Waals surface area contributed by atoms with Crippen molar-refractivity contribution in [3.05, 3.63) is 29.8 Å². The lowest BCUT2D eigenvalue weighted by molar-refractivity contribution is -0.122. The zero-order valence-corrected chi connectivity index (χ0v) is 11.7. The van der Waals surface area contributed by atoms with E-state index in [2.05, 4.69) is 10.6 Å². The van der Waals surface area contributed by atoms with Crippen molar-refractivity contribution in [1.29, 1.82) is 0 Å². The van der Waals surface area contributed by atoms with Crippen LogP contribution in [0.1, 0.15) is 31.7 Å². The minimum atomic E-state index is -0.439. The molecule has 0 radical (unpaired) electrons. The molecule has 0 saturated carbocycles. The SMILES string of the molecule is CCC1(C(=O)Nc2ccc(CC(N)=O)cc2)CCCN1. The van der Waals surface area contributed by atoms with E-state index in [4.69, 9.17) is 5.73 Å². The fraction of sp³-hybridized carbons (Fsp3) is 0.467. The average molecular weight is 275 g/mol. The highest BCUT2D eigenvalue weighted by Gasteiger charge is 2.38. The van der Waals surface area contributed by atoms with Gasteiger partial charge in [0.25, 0.3) is 0 Å².